The van der Waals surface area contributed by atoms with E-state index in [0.717, 1.165) is 25.4 Å². The molecule has 1 saturated heterocycles. The van der Waals surface area contributed by atoms with Gasteiger partial charge in [-0.3, -0.25) is 4.90 Å². The Labute approximate surface area is 224 Å². The standard InChI is InChI=1S/C34H44N2O/c1-27(2)21-23-36(31-17-19-33(20-18-31)37-26-29-10-7-6-8-11-29)32-12-9-22-35(25-32)24-28-13-15-30(16-14-28)34(3,4)5/h6-8,10-11,13-21,32H,9,12,22-26H2,1-5H3. The van der Waals surface area contributed by atoms with Gasteiger partial charge in [0.25, 0.3) is 0 Å². The molecule has 0 radical (unpaired) electrons. The first-order valence-corrected chi connectivity index (χ1v) is 13.8. The maximum atomic E-state index is 6.04. The molecular formula is C34H44N2O. The second-order valence-corrected chi connectivity index (χ2v) is 11.7. The van der Waals surface area contributed by atoms with Gasteiger partial charge in [-0.25, -0.2) is 0 Å². The summed E-state index contributed by atoms with van der Waals surface area (Å²) in [5.74, 6) is 0.916. The van der Waals surface area contributed by atoms with Gasteiger partial charge in [0.1, 0.15) is 12.4 Å². The molecule has 4 rings (SSSR count). The topological polar surface area (TPSA) is 15.7 Å². The molecule has 1 fully saturated rings. The molecule has 0 aliphatic carbocycles. The second kappa shape index (κ2) is 12.5. The van der Waals surface area contributed by atoms with Crippen molar-refractivity contribution in [3.05, 3.63) is 107 Å². The van der Waals surface area contributed by atoms with Crippen molar-refractivity contribution in [1.29, 1.82) is 0 Å². The van der Waals surface area contributed by atoms with Crippen molar-refractivity contribution in [2.75, 3.05) is 24.5 Å². The fourth-order valence-electron chi connectivity index (χ4n) is 5.02. The average molecular weight is 497 g/mol. The van der Waals surface area contributed by atoms with E-state index < -0.39 is 0 Å². The molecule has 3 nitrogen and oxygen atoms in total. The zero-order valence-electron chi connectivity index (χ0n) is 23.4. The third-order valence-electron chi connectivity index (χ3n) is 7.26. The summed E-state index contributed by atoms with van der Waals surface area (Å²) in [6, 6.07) is 28.8. The number of hydrogen-bond acceptors (Lipinski definition) is 3. The van der Waals surface area contributed by atoms with E-state index in [1.807, 2.05) is 6.07 Å². The molecule has 37 heavy (non-hydrogen) atoms. The number of anilines is 1. The van der Waals surface area contributed by atoms with Gasteiger partial charge >= 0.3 is 0 Å². The summed E-state index contributed by atoms with van der Waals surface area (Å²) in [7, 11) is 0. The number of hydrogen-bond donors (Lipinski definition) is 0. The van der Waals surface area contributed by atoms with Gasteiger partial charge in [0.2, 0.25) is 0 Å². The van der Waals surface area contributed by atoms with Crippen molar-refractivity contribution < 1.29 is 4.74 Å². The molecular weight excluding hydrogens is 452 g/mol. The Hall–Kier alpha value is -3.04. The highest BCUT2D eigenvalue weighted by Crippen LogP contribution is 2.27. The van der Waals surface area contributed by atoms with Gasteiger partial charge in [0.15, 0.2) is 0 Å². The highest BCUT2D eigenvalue weighted by molar-refractivity contribution is 5.51. The minimum atomic E-state index is 0.197. The number of rotatable bonds is 9. The molecule has 0 aromatic heterocycles. The van der Waals surface area contributed by atoms with Crippen LogP contribution < -0.4 is 9.64 Å². The molecule has 0 N–H and O–H groups in total. The van der Waals surface area contributed by atoms with E-state index in [1.54, 1.807) is 0 Å². The van der Waals surface area contributed by atoms with Crippen molar-refractivity contribution in [1.82, 2.24) is 4.90 Å². The smallest absolute Gasteiger partial charge is 0.119 e. The van der Waals surface area contributed by atoms with Gasteiger partial charge in [-0.05, 0) is 79.6 Å². The van der Waals surface area contributed by atoms with Crippen molar-refractivity contribution in [2.24, 2.45) is 0 Å². The minimum absolute atomic E-state index is 0.197. The van der Waals surface area contributed by atoms with Gasteiger partial charge in [-0.2, -0.15) is 0 Å². The van der Waals surface area contributed by atoms with Gasteiger partial charge in [-0.15, -0.1) is 0 Å². The lowest BCUT2D eigenvalue weighted by atomic mass is 9.86. The van der Waals surface area contributed by atoms with Crippen LogP contribution in [0.4, 0.5) is 5.69 Å². The quantitative estimate of drug-likeness (QED) is 0.279. The first kappa shape index (κ1) is 27.0. The summed E-state index contributed by atoms with van der Waals surface area (Å²) in [5.41, 5.74) is 6.82. The minimum Gasteiger partial charge on any atom is -0.489 e. The molecule has 1 unspecified atom stereocenters. The van der Waals surface area contributed by atoms with E-state index in [2.05, 4.69) is 123 Å². The predicted molar refractivity (Wildman–Crippen MR) is 157 cm³/mol. The number of benzene rings is 3. The van der Waals surface area contributed by atoms with Gasteiger partial charge < -0.3 is 9.64 Å². The molecule has 1 atom stereocenters. The van der Waals surface area contributed by atoms with E-state index >= 15 is 0 Å². The van der Waals surface area contributed by atoms with Gasteiger partial charge in [0, 0.05) is 31.4 Å². The van der Waals surface area contributed by atoms with Crippen LogP contribution >= 0.6 is 0 Å². The number of ether oxygens (including phenoxy) is 1. The average Bonchev–Trinajstić information content (AvgIpc) is 2.89. The first-order chi connectivity index (χ1) is 17.8. The second-order valence-electron chi connectivity index (χ2n) is 11.7. The van der Waals surface area contributed by atoms with E-state index in [1.165, 1.54) is 47.3 Å². The van der Waals surface area contributed by atoms with Crippen molar-refractivity contribution >= 4 is 5.69 Å². The molecule has 3 aromatic carbocycles. The normalized spacial score (nSPS) is 16.3. The zero-order valence-corrected chi connectivity index (χ0v) is 23.4. The molecule has 1 aliphatic heterocycles. The summed E-state index contributed by atoms with van der Waals surface area (Å²) in [4.78, 5) is 5.22. The maximum absolute atomic E-state index is 6.04. The molecule has 3 aromatic rings. The van der Waals surface area contributed by atoms with Crippen LogP contribution in [-0.4, -0.2) is 30.6 Å². The Morgan fingerprint density at radius 2 is 1.62 bits per heavy atom. The summed E-state index contributed by atoms with van der Waals surface area (Å²) < 4.78 is 6.04. The zero-order chi connectivity index (χ0) is 26.3. The molecule has 0 bridgehead atoms. The van der Waals surface area contributed by atoms with Crippen molar-refractivity contribution in [3.8, 4) is 5.75 Å². The van der Waals surface area contributed by atoms with Crippen LogP contribution in [0.1, 0.15) is 64.2 Å². The van der Waals surface area contributed by atoms with Crippen LogP contribution in [0, 0.1) is 0 Å². The van der Waals surface area contributed by atoms with E-state index in [0.29, 0.717) is 12.6 Å². The fourth-order valence-corrected chi connectivity index (χ4v) is 5.02. The number of allylic oxidation sites excluding steroid dienone is 1. The van der Waals surface area contributed by atoms with E-state index in [4.69, 9.17) is 4.74 Å². The van der Waals surface area contributed by atoms with Crippen LogP contribution in [0.5, 0.6) is 5.75 Å². The lowest BCUT2D eigenvalue weighted by molar-refractivity contribution is 0.197. The Bertz CT molecular complexity index is 1120. The third kappa shape index (κ3) is 7.97. The molecule has 1 aliphatic rings. The fraction of sp³-hybridized carbons (Fsp3) is 0.412. The highest BCUT2D eigenvalue weighted by Gasteiger charge is 2.25. The molecule has 0 spiro atoms. The number of nitrogens with zero attached hydrogens (tertiary/aromatic N) is 2. The maximum Gasteiger partial charge on any atom is 0.119 e. The van der Waals surface area contributed by atoms with Gasteiger partial charge in [0.05, 0.1) is 0 Å². The first-order valence-electron chi connectivity index (χ1n) is 13.8. The van der Waals surface area contributed by atoms with Gasteiger partial charge in [-0.1, -0.05) is 87.0 Å². The van der Waals surface area contributed by atoms with Crippen LogP contribution in [0.2, 0.25) is 0 Å². The lowest BCUT2D eigenvalue weighted by Crippen LogP contribution is -2.48. The number of likely N-dealkylation sites (tertiary alicyclic amines) is 1. The van der Waals surface area contributed by atoms with Crippen molar-refractivity contribution in [3.63, 3.8) is 0 Å². The molecule has 3 heteroatoms. The van der Waals surface area contributed by atoms with Crippen molar-refractivity contribution in [2.45, 2.75) is 72.1 Å². The molecule has 0 amide bonds. The monoisotopic (exact) mass is 496 g/mol. The summed E-state index contributed by atoms with van der Waals surface area (Å²) >= 11 is 0. The Balaban J connectivity index is 1.43. The Kier molecular flexibility index (Phi) is 9.10. The van der Waals surface area contributed by atoms with Crippen LogP contribution in [-0.2, 0) is 18.6 Å². The predicted octanol–water partition coefficient (Wildman–Crippen LogP) is 8.00. The molecule has 196 valence electrons. The highest BCUT2D eigenvalue weighted by atomic mass is 16.5. The Morgan fingerprint density at radius 3 is 2.27 bits per heavy atom. The Morgan fingerprint density at radius 1 is 0.919 bits per heavy atom. The van der Waals surface area contributed by atoms with E-state index in [-0.39, 0.29) is 5.41 Å². The summed E-state index contributed by atoms with van der Waals surface area (Å²) in [6.07, 6.45) is 4.81. The summed E-state index contributed by atoms with van der Waals surface area (Å²) in [5, 5.41) is 0. The van der Waals surface area contributed by atoms with Crippen LogP contribution in [0.3, 0.4) is 0 Å². The molecule has 1 heterocycles. The lowest BCUT2D eigenvalue weighted by Gasteiger charge is -2.40. The largest absolute Gasteiger partial charge is 0.489 e. The third-order valence-corrected chi connectivity index (χ3v) is 7.26. The number of piperidine rings is 1. The van der Waals surface area contributed by atoms with Crippen LogP contribution in [0.25, 0.3) is 0 Å². The van der Waals surface area contributed by atoms with Crippen LogP contribution in [0.15, 0.2) is 90.5 Å². The molecule has 0 saturated carbocycles. The van der Waals surface area contributed by atoms with E-state index in [9.17, 15) is 0 Å². The SMILES string of the molecule is CC(C)=CCN(c1ccc(OCc2ccccc2)cc1)C1CCCN(Cc2ccc(C(C)(C)C)cc2)C1. The summed E-state index contributed by atoms with van der Waals surface area (Å²) in [6.45, 7) is 16.0.